The molecule has 8 heteroatoms. The monoisotopic (exact) mass is 422 g/mol. The molecule has 0 unspecified atom stereocenters. The smallest absolute Gasteiger partial charge is 0.267 e. The minimum Gasteiger partial charge on any atom is -0.365 e. The Morgan fingerprint density at radius 1 is 1.29 bits per heavy atom. The molecule has 1 aromatic carbocycles. The summed E-state index contributed by atoms with van der Waals surface area (Å²) in [6.45, 7) is 3.41. The highest BCUT2D eigenvalue weighted by atomic mass is 16.3. The fourth-order valence-electron chi connectivity index (χ4n) is 4.79. The molecule has 0 bridgehead atoms. The second kappa shape index (κ2) is 9.41. The number of nitrogens with two attached hydrogens (primary N) is 1. The Balaban J connectivity index is 1.59. The van der Waals surface area contributed by atoms with E-state index >= 15 is 0 Å². The molecule has 8 nitrogen and oxygen atoms in total. The number of amides is 1. The number of fused-ring (bicyclic) bond motifs is 1. The van der Waals surface area contributed by atoms with Crippen molar-refractivity contribution in [1.29, 1.82) is 0 Å². The van der Waals surface area contributed by atoms with E-state index in [2.05, 4.69) is 43.6 Å². The number of carbonyl (C=O) groups excluding carboxylic acids is 1. The topological polar surface area (TPSA) is 114 Å². The van der Waals surface area contributed by atoms with Crippen molar-refractivity contribution in [1.82, 2.24) is 9.97 Å². The quantitative estimate of drug-likeness (QED) is 0.657. The molecule has 1 aliphatic carbocycles. The van der Waals surface area contributed by atoms with Crippen LogP contribution in [0.25, 0.3) is 0 Å². The lowest BCUT2D eigenvalue weighted by molar-refractivity contribution is 0.0995. The summed E-state index contributed by atoms with van der Waals surface area (Å²) in [6, 6.07) is 7.96. The molecule has 1 saturated carbocycles. The van der Waals surface area contributed by atoms with Crippen LogP contribution >= 0.6 is 0 Å². The summed E-state index contributed by atoms with van der Waals surface area (Å²) in [4.78, 5) is 33.5. The highest BCUT2D eigenvalue weighted by Crippen LogP contribution is 2.37. The molecule has 0 radical (unpaired) electrons. The summed E-state index contributed by atoms with van der Waals surface area (Å²) in [5.41, 5.74) is 9.95. The standard InChI is InChI=1S/C23H30N6O2/c1-15(13-25-31)26-21-12-20(22(24)30)27-23(28-21)29-11-10-19-17(14-29)8-5-9-18(19)16-6-3-2-4-7-16/h5,8-9,12,15-16H,2-4,6-7,10-11,13-14H2,1H3,(H2,24,30)(H,26,27,28)/t15-/m0/s1. The van der Waals surface area contributed by atoms with Crippen LogP contribution in [0.15, 0.2) is 29.4 Å². The summed E-state index contributed by atoms with van der Waals surface area (Å²) >= 11 is 0. The van der Waals surface area contributed by atoms with Crippen molar-refractivity contribution in [3.8, 4) is 0 Å². The van der Waals surface area contributed by atoms with E-state index in [1.807, 2.05) is 6.92 Å². The highest BCUT2D eigenvalue weighted by Gasteiger charge is 2.25. The van der Waals surface area contributed by atoms with Gasteiger partial charge in [0.2, 0.25) is 5.95 Å². The van der Waals surface area contributed by atoms with Crippen LogP contribution in [0.1, 0.15) is 72.1 Å². The van der Waals surface area contributed by atoms with Crippen LogP contribution in [0.4, 0.5) is 11.8 Å². The van der Waals surface area contributed by atoms with Gasteiger partial charge in [-0.1, -0.05) is 42.6 Å². The van der Waals surface area contributed by atoms with Crippen molar-refractivity contribution in [2.75, 3.05) is 23.3 Å². The van der Waals surface area contributed by atoms with Crippen molar-refractivity contribution in [3.05, 3.63) is 51.6 Å². The normalized spacial score (nSPS) is 17.6. The predicted molar refractivity (Wildman–Crippen MR) is 121 cm³/mol. The number of carbonyl (C=O) groups is 1. The van der Waals surface area contributed by atoms with Crippen LogP contribution in [0.2, 0.25) is 0 Å². The fourth-order valence-corrected chi connectivity index (χ4v) is 4.79. The van der Waals surface area contributed by atoms with Crippen molar-refractivity contribution < 1.29 is 4.79 Å². The minimum absolute atomic E-state index is 0.103. The molecule has 1 fully saturated rings. The number of anilines is 2. The maximum atomic E-state index is 11.8. The summed E-state index contributed by atoms with van der Waals surface area (Å²) in [7, 11) is 0. The summed E-state index contributed by atoms with van der Waals surface area (Å²) in [5.74, 6) is 1.01. The molecular weight excluding hydrogens is 392 g/mol. The van der Waals surface area contributed by atoms with E-state index in [0.717, 1.165) is 13.0 Å². The van der Waals surface area contributed by atoms with E-state index in [1.165, 1.54) is 54.9 Å². The lowest BCUT2D eigenvalue weighted by atomic mass is 9.79. The number of hydrogen-bond acceptors (Lipinski definition) is 7. The Kier molecular flexibility index (Phi) is 6.44. The first-order chi connectivity index (χ1) is 15.0. The van der Waals surface area contributed by atoms with E-state index in [1.54, 1.807) is 0 Å². The number of primary amides is 1. The lowest BCUT2D eigenvalue weighted by Gasteiger charge is -2.33. The Morgan fingerprint density at radius 2 is 2.10 bits per heavy atom. The zero-order chi connectivity index (χ0) is 21.8. The van der Waals surface area contributed by atoms with Gasteiger partial charge in [0.05, 0.1) is 0 Å². The molecule has 2 heterocycles. The Morgan fingerprint density at radius 3 is 2.84 bits per heavy atom. The molecule has 31 heavy (non-hydrogen) atoms. The van der Waals surface area contributed by atoms with E-state index in [-0.39, 0.29) is 18.3 Å². The van der Waals surface area contributed by atoms with Crippen molar-refractivity contribution in [3.63, 3.8) is 0 Å². The lowest BCUT2D eigenvalue weighted by Crippen LogP contribution is -2.33. The van der Waals surface area contributed by atoms with Crippen molar-refractivity contribution in [2.24, 2.45) is 10.9 Å². The van der Waals surface area contributed by atoms with Crippen LogP contribution < -0.4 is 16.0 Å². The summed E-state index contributed by atoms with van der Waals surface area (Å²) < 4.78 is 0. The number of nitrogens with one attached hydrogen (secondary N) is 1. The molecule has 1 aromatic heterocycles. The molecule has 3 N–H and O–H groups in total. The van der Waals surface area contributed by atoms with Crippen LogP contribution in [0, 0.1) is 4.91 Å². The largest absolute Gasteiger partial charge is 0.365 e. The van der Waals surface area contributed by atoms with Gasteiger partial charge in [-0.25, -0.2) is 4.98 Å². The number of aromatic nitrogens is 2. The van der Waals surface area contributed by atoms with Gasteiger partial charge >= 0.3 is 0 Å². The molecule has 4 rings (SSSR count). The predicted octanol–water partition coefficient (Wildman–Crippen LogP) is 3.75. The average Bonchev–Trinajstić information content (AvgIpc) is 2.78. The van der Waals surface area contributed by atoms with Crippen LogP contribution in [0.3, 0.4) is 0 Å². The zero-order valence-electron chi connectivity index (χ0n) is 18.0. The Hall–Kier alpha value is -3.03. The van der Waals surface area contributed by atoms with E-state index in [9.17, 15) is 9.70 Å². The molecule has 2 aliphatic rings. The van der Waals surface area contributed by atoms with Gasteiger partial charge in [-0.3, -0.25) is 4.79 Å². The second-order valence-electron chi connectivity index (χ2n) is 8.65. The number of hydrogen-bond donors (Lipinski definition) is 2. The van der Waals surface area contributed by atoms with Crippen molar-refractivity contribution in [2.45, 2.75) is 64.0 Å². The van der Waals surface area contributed by atoms with Gasteiger partial charge in [0.1, 0.15) is 18.1 Å². The molecule has 1 atom stereocenters. The third-order valence-electron chi connectivity index (χ3n) is 6.34. The first kappa shape index (κ1) is 21.2. The van der Waals surface area contributed by atoms with Crippen LogP contribution in [-0.2, 0) is 13.0 Å². The average molecular weight is 423 g/mol. The molecule has 1 amide bonds. The molecule has 2 aromatic rings. The SMILES string of the molecule is C[C@@H](CN=O)Nc1cc(C(N)=O)nc(N2CCc3c(cccc3C3CCCCC3)C2)n1. The van der Waals surface area contributed by atoms with E-state index < -0.39 is 5.91 Å². The van der Waals surface area contributed by atoms with Gasteiger partial charge in [0, 0.05) is 25.2 Å². The van der Waals surface area contributed by atoms with Crippen molar-refractivity contribution >= 4 is 17.7 Å². The van der Waals surface area contributed by atoms with Gasteiger partial charge in [-0.2, -0.15) is 9.89 Å². The second-order valence-corrected chi connectivity index (χ2v) is 8.65. The molecule has 0 spiro atoms. The first-order valence-electron chi connectivity index (χ1n) is 11.2. The van der Waals surface area contributed by atoms with Gasteiger partial charge in [-0.05, 0) is 48.8 Å². The number of benzene rings is 1. The molecule has 0 saturated heterocycles. The number of nitroso groups, excluding NO2 is 1. The van der Waals surface area contributed by atoms with Gasteiger partial charge in [0.25, 0.3) is 5.91 Å². The molecular formula is C23H30N6O2. The highest BCUT2D eigenvalue weighted by molar-refractivity contribution is 5.91. The summed E-state index contributed by atoms with van der Waals surface area (Å²) in [6.07, 6.45) is 7.49. The third-order valence-corrected chi connectivity index (χ3v) is 6.34. The zero-order valence-corrected chi connectivity index (χ0v) is 18.0. The van der Waals surface area contributed by atoms with Crippen LogP contribution in [0.5, 0.6) is 0 Å². The molecule has 1 aliphatic heterocycles. The Bertz CT molecular complexity index is 957. The third kappa shape index (κ3) is 4.84. The Labute approximate surface area is 182 Å². The fraction of sp³-hybridized carbons (Fsp3) is 0.522. The molecule has 164 valence electrons. The number of nitrogens with zero attached hydrogens (tertiary/aromatic N) is 4. The minimum atomic E-state index is -0.607. The first-order valence-corrected chi connectivity index (χ1v) is 11.2. The summed E-state index contributed by atoms with van der Waals surface area (Å²) in [5, 5.41) is 6.02. The van der Waals surface area contributed by atoms with Gasteiger partial charge in [-0.15, -0.1) is 0 Å². The van der Waals surface area contributed by atoms with E-state index in [4.69, 9.17) is 5.73 Å². The van der Waals surface area contributed by atoms with Gasteiger partial charge < -0.3 is 16.0 Å². The maximum Gasteiger partial charge on any atom is 0.267 e. The van der Waals surface area contributed by atoms with Gasteiger partial charge in [0.15, 0.2) is 0 Å². The number of rotatable bonds is 7. The maximum absolute atomic E-state index is 11.8. The van der Waals surface area contributed by atoms with Crippen LogP contribution in [-0.4, -0.2) is 35.0 Å². The van der Waals surface area contributed by atoms with E-state index in [0.29, 0.717) is 24.2 Å².